The van der Waals surface area contributed by atoms with Gasteiger partial charge in [-0.25, -0.2) is 4.79 Å². The molecule has 0 aliphatic heterocycles. The molecule has 5 nitrogen and oxygen atoms in total. The zero-order valence-electron chi connectivity index (χ0n) is 9.77. The molecule has 0 bridgehead atoms. The van der Waals surface area contributed by atoms with Crippen molar-refractivity contribution >= 4 is 28.4 Å². The SMILES string of the molecule is C=CCCC(=O)N(C)c1snc(C)c1C(=O)O. The maximum atomic E-state index is 11.8. The van der Waals surface area contributed by atoms with Crippen molar-refractivity contribution in [2.24, 2.45) is 0 Å². The van der Waals surface area contributed by atoms with Crippen molar-refractivity contribution in [1.82, 2.24) is 4.37 Å². The third-order valence-electron chi connectivity index (χ3n) is 2.30. The smallest absolute Gasteiger partial charge is 0.340 e. The van der Waals surface area contributed by atoms with Crippen molar-refractivity contribution < 1.29 is 14.7 Å². The van der Waals surface area contributed by atoms with E-state index in [-0.39, 0.29) is 11.5 Å². The van der Waals surface area contributed by atoms with Crippen LogP contribution in [0.4, 0.5) is 5.00 Å². The number of carboxylic acids is 1. The lowest BCUT2D eigenvalue weighted by Crippen LogP contribution is -2.26. The highest BCUT2D eigenvalue weighted by Gasteiger charge is 2.23. The second-order valence-corrected chi connectivity index (χ2v) is 4.29. The number of nitrogens with zero attached hydrogens (tertiary/aromatic N) is 2. The van der Waals surface area contributed by atoms with Crippen LogP contribution in [-0.2, 0) is 4.79 Å². The van der Waals surface area contributed by atoms with Crippen molar-refractivity contribution in [2.45, 2.75) is 19.8 Å². The maximum Gasteiger partial charge on any atom is 0.340 e. The van der Waals surface area contributed by atoms with Gasteiger partial charge in [0.15, 0.2) is 0 Å². The fourth-order valence-corrected chi connectivity index (χ4v) is 2.20. The molecule has 0 saturated heterocycles. The number of hydrogen-bond donors (Lipinski definition) is 1. The molecule has 0 aromatic carbocycles. The molecular formula is C11H14N2O3S. The number of rotatable bonds is 5. The molecule has 0 spiro atoms. The van der Waals surface area contributed by atoms with Crippen molar-refractivity contribution in [2.75, 3.05) is 11.9 Å². The summed E-state index contributed by atoms with van der Waals surface area (Å²) in [6, 6.07) is 0. The van der Waals surface area contributed by atoms with Crippen LogP contribution in [0.5, 0.6) is 0 Å². The summed E-state index contributed by atoms with van der Waals surface area (Å²) < 4.78 is 3.97. The Kier molecular flexibility index (Phi) is 4.39. The highest BCUT2D eigenvalue weighted by atomic mass is 32.1. The Morgan fingerprint density at radius 3 is 2.76 bits per heavy atom. The van der Waals surface area contributed by atoms with Gasteiger partial charge in [0.2, 0.25) is 5.91 Å². The van der Waals surface area contributed by atoms with E-state index >= 15 is 0 Å². The van der Waals surface area contributed by atoms with E-state index in [1.807, 2.05) is 0 Å². The van der Waals surface area contributed by atoms with E-state index < -0.39 is 5.97 Å². The minimum absolute atomic E-state index is 0.101. The number of amides is 1. The number of carbonyl (C=O) groups is 2. The molecule has 17 heavy (non-hydrogen) atoms. The van der Waals surface area contributed by atoms with Crippen LogP contribution in [0, 0.1) is 6.92 Å². The molecule has 0 radical (unpaired) electrons. The first-order valence-electron chi connectivity index (χ1n) is 5.06. The number of hydrogen-bond acceptors (Lipinski definition) is 4. The van der Waals surface area contributed by atoms with E-state index in [9.17, 15) is 9.59 Å². The van der Waals surface area contributed by atoms with Gasteiger partial charge in [-0.05, 0) is 24.9 Å². The second-order valence-electron chi connectivity index (χ2n) is 3.53. The minimum Gasteiger partial charge on any atom is -0.478 e. The molecule has 0 saturated carbocycles. The number of aromatic carboxylic acids is 1. The molecule has 0 aliphatic carbocycles. The first-order valence-corrected chi connectivity index (χ1v) is 5.83. The summed E-state index contributed by atoms with van der Waals surface area (Å²) in [6.07, 6.45) is 2.54. The number of carbonyl (C=O) groups excluding carboxylic acids is 1. The second kappa shape index (κ2) is 5.58. The molecule has 0 unspecified atom stereocenters. The third-order valence-corrected chi connectivity index (χ3v) is 3.32. The van der Waals surface area contributed by atoms with Crippen LogP contribution >= 0.6 is 11.5 Å². The van der Waals surface area contributed by atoms with Crippen molar-refractivity contribution in [3.05, 3.63) is 23.9 Å². The van der Waals surface area contributed by atoms with Crippen LogP contribution in [-0.4, -0.2) is 28.4 Å². The summed E-state index contributed by atoms with van der Waals surface area (Å²) in [5, 5.41) is 9.43. The Morgan fingerprint density at radius 1 is 1.59 bits per heavy atom. The van der Waals surface area contributed by atoms with Crippen LogP contribution in [0.3, 0.4) is 0 Å². The molecule has 1 rings (SSSR count). The first kappa shape index (κ1) is 13.4. The number of allylic oxidation sites excluding steroid dienone is 1. The maximum absolute atomic E-state index is 11.8. The molecule has 92 valence electrons. The van der Waals surface area contributed by atoms with Crippen molar-refractivity contribution in [3.63, 3.8) is 0 Å². The van der Waals surface area contributed by atoms with E-state index in [4.69, 9.17) is 5.11 Å². The normalized spacial score (nSPS) is 10.0. The number of aryl methyl sites for hydroxylation is 1. The Morgan fingerprint density at radius 2 is 2.24 bits per heavy atom. The minimum atomic E-state index is -1.06. The third kappa shape index (κ3) is 2.91. The van der Waals surface area contributed by atoms with E-state index in [1.54, 1.807) is 20.0 Å². The van der Waals surface area contributed by atoms with Crippen LogP contribution < -0.4 is 4.90 Å². The number of carboxylic acid groups (broad SMARTS) is 1. The van der Waals surface area contributed by atoms with E-state index in [2.05, 4.69) is 11.0 Å². The van der Waals surface area contributed by atoms with Crippen LogP contribution in [0.25, 0.3) is 0 Å². The molecular weight excluding hydrogens is 240 g/mol. The van der Waals surface area contributed by atoms with Gasteiger partial charge in [-0.1, -0.05) is 6.08 Å². The largest absolute Gasteiger partial charge is 0.478 e. The summed E-state index contributed by atoms with van der Waals surface area (Å²) >= 11 is 1.02. The lowest BCUT2D eigenvalue weighted by Gasteiger charge is -2.15. The topological polar surface area (TPSA) is 70.5 Å². The molecule has 0 atom stereocenters. The first-order chi connectivity index (χ1) is 7.99. The van der Waals surface area contributed by atoms with E-state index in [1.165, 1.54) is 4.90 Å². The van der Waals surface area contributed by atoms with E-state index in [0.29, 0.717) is 23.5 Å². The van der Waals surface area contributed by atoms with Gasteiger partial charge in [0.05, 0.1) is 5.69 Å². The van der Waals surface area contributed by atoms with E-state index in [0.717, 1.165) is 11.5 Å². The van der Waals surface area contributed by atoms with Crippen LogP contribution in [0.15, 0.2) is 12.7 Å². The van der Waals surface area contributed by atoms with Gasteiger partial charge < -0.3 is 10.0 Å². The number of anilines is 1. The Bertz CT molecular complexity index is 454. The van der Waals surface area contributed by atoms with Crippen LogP contribution in [0.1, 0.15) is 28.9 Å². The molecule has 1 N–H and O–H groups in total. The monoisotopic (exact) mass is 254 g/mol. The van der Waals surface area contributed by atoms with Crippen molar-refractivity contribution in [1.29, 1.82) is 0 Å². The van der Waals surface area contributed by atoms with Gasteiger partial charge in [-0.15, -0.1) is 6.58 Å². The molecule has 1 aromatic rings. The molecule has 0 aliphatic rings. The quantitative estimate of drug-likeness (QED) is 0.817. The lowest BCUT2D eigenvalue weighted by molar-refractivity contribution is -0.118. The molecule has 6 heteroatoms. The fourth-order valence-electron chi connectivity index (χ4n) is 1.34. The summed E-state index contributed by atoms with van der Waals surface area (Å²) in [7, 11) is 1.56. The molecule has 1 heterocycles. The number of aromatic nitrogens is 1. The van der Waals surface area contributed by atoms with Gasteiger partial charge >= 0.3 is 5.97 Å². The summed E-state index contributed by atoms with van der Waals surface area (Å²) in [4.78, 5) is 24.2. The van der Waals surface area contributed by atoms with Crippen LogP contribution in [0.2, 0.25) is 0 Å². The lowest BCUT2D eigenvalue weighted by atomic mass is 10.2. The van der Waals surface area contributed by atoms with Gasteiger partial charge in [-0.3, -0.25) is 4.79 Å². The zero-order chi connectivity index (χ0) is 13.0. The standard InChI is InChI=1S/C11H14N2O3S/c1-4-5-6-8(14)13(3)10-9(11(15)16)7(2)12-17-10/h4H,1,5-6H2,2-3H3,(H,15,16). The zero-order valence-corrected chi connectivity index (χ0v) is 10.6. The van der Waals surface area contributed by atoms with Gasteiger partial charge in [0.25, 0.3) is 0 Å². The Labute approximate surface area is 104 Å². The average molecular weight is 254 g/mol. The summed E-state index contributed by atoms with van der Waals surface area (Å²) in [6.45, 7) is 5.16. The summed E-state index contributed by atoms with van der Waals surface area (Å²) in [5.41, 5.74) is 0.533. The molecule has 1 amide bonds. The average Bonchev–Trinajstić information content (AvgIpc) is 2.66. The highest BCUT2D eigenvalue weighted by Crippen LogP contribution is 2.28. The molecule has 1 aromatic heterocycles. The van der Waals surface area contributed by atoms with Gasteiger partial charge in [0.1, 0.15) is 10.6 Å². The predicted molar refractivity (Wildman–Crippen MR) is 66.7 cm³/mol. The van der Waals surface area contributed by atoms with Gasteiger partial charge in [-0.2, -0.15) is 4.37 Å². The predicted octanol–water partition coefficient (Wildman–Crippen LogP) is 2.08. The molecule has 0 fully saturated rings. The Hall–Kier alpha value is -1.69. The Balaban J connectivity index is 2.96. The summed E-state index contributed by atoms with van der Waals surface area (Å²) in [5.74, 6) is -1.20. The van der Waals surface area contributed by atoms with Crippen molar-refractivity contribution in [3.8, 4) is 0 Å². The van der Waals surface area contributed by atoms with Gasteiger partial charge in [0, 0.05) is 13.5 Å². The highest BCUT2D eigenvalue weighted by molar-refractivity contribution is 7.11. The fraction of sp³-hybridized carbons (Fsp3) is 0.364.